The van der Waals surface area contributed by atoms with Gasteiger partial charge in [0, 0.05) is 23.0 Å². The zero-order valence-corrected chi connectivity index (χ0v) is 16.6. The highest BCUT2D eigenvalue weighted by atomic mass is 35.5. The number of hydrogen-bond acceptors (Lipinski definition) is 4. The fourth-order valence-electron chi connectivity index (χ4n) is 3.03. The predicted octanol–water partition coefficient (Wildman–Crippen LogP) is 4.50. The van der Waals surface area contributed by atoms with Gasteiger partial charge in [-0.1, -0.05) is 54.1 Å². The lowest BCUT2D eigenvalue weighted by atomic mass is 10.2. The molecule has 0 aliphatic heterocycles. The van der Waals surface area contributed by atoms with Gasteiger partial charge in [-0.3, -0.25) is 14.2 Å². The Morgan fingerprint density at radius 1 is 1.03 bits per heavy atom. The molecular weight excluding hydrogens is 384 g/mol. The lowest BCUT2D eigenvalue weighted by Gasteiger charge is -2.05. The van der Waals surface area contributed by atoms with Crippen LogP contribution in [0.3, 0.4) is 0 Å². The van der Waals surface area contributed by atoms with E-state index in [1.54, 1.807) is 18.3 Å². The van der Waals surface area contributed by atoms with Gasteiger partial charge in [-0.05, 0) is 42.3 Å². The zero-order chi connectivity index (χ0) is 20.2. The molecule has 4 aromatic rings. The molecule has 2 aromatic carbocycles. The number of anilines is 2. The highest BCUT2D eigenvalue weighted by molar-refractivity contribution is 6.30. The van der Waals surface area contributed by atoms with E-state index in [4.69, 9.17) is 21.6 Å². The van der Waals surface area contributed by atoms with Crippen molar-refractivity contribution in [1.29, 1.82) is 0 Å². The summed E-state index contributed by atoms with van der Waals surface area (Å²) in [6.07, 6.45) is 1.71. The first-order chi connectivity index (χ1) is 14.1. The Bertz CT molecular complexity index is 1300. The van der Waals surface area contributed by atoms with Crippen molar-refractivity contribution in [2.75, 3.05) is 5.32 Å². The Kier molecular flexibility index (Phi) is 5.40. The van der Waals surface area contributed by atoms with E-state index < -0.39 is 0 Å². The van der Waals surface area contributed by atoms with E-state index in [1.807, 2.05) is 61.5 Å². The van der Waals surface area contributed by atoms with Crippen LogP contribution in [0.15, 0.2) is 88.8 Å². The van der Waals surface area contributed by atoms with Crippen LogP contribution in [-0.4, -0.2) is 9.38 Å². The first kappa shape index (κ1) is 18.9. The van der Waals surface area contributed by atoms with Gasteiger partial charge in [-0.2, -0.15) is 0 Å². The van der Waals surface area contributed by atoms with Gasteiger partial charge in [0.1, 0.15) is 5.65 Å². The van der Waals surface area contributed by atoms with E-state index in [0.29, 0.717) is 28.4 Å². The minimum Gasteiger partial charge on any atom is -0.352 e. The van der Waals surface area contributed by atoms with Gasteiger partial charge < -0.3 is 5.32 Å². The van der Waals surface area contributed by atoms with Gasteiger partial charge in [0.05, 0.1) is 12.2 Å². The molecule has 0 saturated carbocycles. The molecule has 0 bridgehead atoms. The van der Waals surface area contributed by atoms with Crippen LogP contribution in [0.2, 0.25) is 5.02 Å². The van der Waals surface area contributed by atoms with Gasteiger partial charge in [0.2, 0.25) is 0 Å². The number of aromatic nitrogens is 2. The normalized spacial score (nSPS) is 11.6. The Hall–Kier alpha value is -3.44. The van der Waals surface area contributed by atoms with Crippen LogP contribution in [0.25, 0.3) is 5.65 Å². The monoisotopic (exact) mass is 402 g/mol. The van der Waals surface area contributed by atoms with E-state index in [9.17, 15) is 4.79 Å². The van der Waals surface area contributed by atoms with Crippen molar-refractivity contribution >= 4 is 28.6 Å². The van der Waals surface area contributed by atoms with Gasteiger partial charge >= 0.3 is 0 Å². The standard InChI is InChI=1S/C23H19ClN4O/c1-16-7-6-12-28-21(29)14-20(26-19-11-5-10-18(24)13-19)22(27-23(16)28)25-15-17-8-3-2-4-9-17/h2-14,26H,15H2,1H3. The molecule has 0 unspecified atom stereocenters. The van der Waals surface area contributed by atoms with Crippen LogP contribution in [0, 0.1) is 6.92 Å². The maximum atomic E-state index is 12.9. The molecule has 0 aliphatic carbocycles. The molecule has 0 aliphatic rings. The molecule has 5 nitrogen and oxygen atoms in total. The van der Waals surface area contributed by atoms with Crippen LogP contribution in [-0.2, 0) is 6.54 Å². The van der Waals surface area contributed by atoms with Crippen molar-refractivity contribution in [1.82, 2.24) is 9.38 Å². The van der Waals surface area contributed by atoms with Crippen molar-refractivity contribution in [3.63, 3.8) is 0 Å². The summed E-state index contributed by atoms with van der Waals surface area (Å²) in [7, 11) is 0. The van der Waals surface area contributed by atoms with Gasteiger partial charge in [-0.15, -0.1) is 0 Å². The number of halogens is 1. The van der Waals surface area contributed by atoms with Gasteiger partial charge in [0.15, 0.2) is 5.49 Å². The van der Waals surface area contributed by atoms with Crippen LogP contribution >= 0.6 is 11.6 Å². The maximum absolute atomic E-state index is 12.9. The van der Waals surface area contributed by atoms with Crippen LogP contribution < -0.4 is 16.4 Å². The average Bonchev–Trinajstić information content (AvgIpc) is 2.85. The summed E-state index contributed by atoms with van der Waals surface area (Å²) < 4.78 is 1.53. The maximum Gasteiger partial charge on any atom is 0.258 e. The fourth-order valence-corrected chi connectivity index (χ4v) is 3.22. The number of fused-ring (bicyclic) bond motifs is 1. The quantitative estimate of drug-likeness (QED) is 0.546. The molecule has 29 heavy (non-hydrogen) atoms. The lowest BCUT2D eigenvalue weighted by molar-refractivity contribution is 0.968. The van der Waals surface area contributed by atoms with Crippen LogP contribution in [0.5, 0.6) is 0 Å². The molecule has 0 amide bonds. The highest BCUT2D eigenvalue weighted by Gasteiger charge is 2.06. The summed E-state index contributed by atoms with van der Waals surface area (Å²) in [5, 5.41) is 3.85. The number of hydrogen-bond donors (Lipinski definition) is 1. The molecule has 2 heterocycles. The summed E-state index contributed by atoms with van der Waals surface area (Å²) >= 11 is 6.11. The molecule has 0 fully saturated rings. The lowest BCUT2D eigenvalue weighted by Crippen LogP contribution is -2.12. The second-order valence-corrected chi connectivity index (χ2v) is 7.09. The average molecular weight is 403 g/mol. The Morgan fingerprint density at radius 3 is 2.66 bits per heavy atom. The van der Waals surface area contributed by atoms with Gasteiger partial charge in [0.25, 0.3) is 5.56 Å². The van der Waals surface area contributed by atoms with Crippen molar-refractivity contribution in [2.24, 2.45) is 4.99 Å². The molecule has 0 radical (unpaired) electrons. The highest BCUT2D eigenvalue weighted by Crippen LogP contribution is 2.17. The van der Waals surface area contributed by atoms with Crippen LogP contribution in [0.4, 0.5) is 11.4 Å². The number of benzene rings is 2. The number of aryl methyl sites for hydroxylation is 1. The number of pyridine rings is 1. The number of rotatable bonds is 4. The zero-order valence-electron chi connectivity index (χ0n) is 15.8. The van der Waals surface area contributed by atoms with E-state index >= 15 is 0 Å². The second kappa shape index (κ2) is 8.29. The SMILES string of the molecule is Cc1cccn2c(=O)cc(Nc3cccc(Cl)c3)c(=NCc3ccccc3)nc12. The summed E-state index contributed by atoms with van der Waals surface area (Å²) in [5.74, 6) is 0. The number of nitrogens with one attached hydrogen (secondary N) is 1. The van der Waals surface area contributed by atoms with Crippen molar-refractivity contribution < 1.29 is 0 Å². The van der Waals surface area contributed by atoms with Gasteiger partial charge in [-0.25, -0.2) is 4.98 Å². The van der Waals surface area contributed by atoms with Crippen molar-refractivity contribution in [3.05, 3.63) is 111 Å². The first-order valence-electron chi connectivity index (χ1n) is 9.20. The molecule has 4 rings (SSSR count). The van der Waals surface area contributed by atoms with E-state index in [0.717, 1.165) is 16.8 Å². The molecule has 2 aromatic heterocycles. The minimum absolute atomic E-state index is 0.193. The summed E-state index contributed by atoms with van der Waals surface area (Å²) in [6.45, 7) is 2.38. The molecule has 0 saturated heterocycles. The number of nitrogens with zero attached hydrogens (tertiary/aromatic N) is 3. The van der Waals surface area contributed by atoms with E-state index in [-0.39, 0.29) is 5.56 Å². The molecular formula is C23H19ClN4O. The summed E-state index contributed by atoms with van der Waals surface area (Å²) in [4.78, 5) is 22.3. The molecule has 6 heteroatoms. The molecule has 1 N–H and O–H groups in total. The minimum atomic E-state index is -0.193. The first-order valence-corrected chi connectivity index (χ1v) is 9.58. The summed E-state index contributed by atoms with van der Waals surface area (Å²) in [5.41, 5.74) is 4.08. The molecule has 0 spiro atoms. The fraction of sp³-hybridized carbons (Fsp3) is 0.0870. The Balaban J connectivity index is 1.93. The third-order valence-corrected chi connectivity index (χ3v) is 4.71. The van der Waals surface area contributed by atoms with Crippen molar-refractivity contribution in [2.45, 2.75) is 13.5 Å². The Labute approximate surface area is 173 Å². The van der Waals surface area contributed by atoms with E-state index in [2.05, 4.69) is 5.32 Å². The Morgan fingerprint density at radius 2 is 1.86 bits per heavy atom. The molecule has 0 atom stereocenters. The summed E-state index contributed by atoms with van der Waals surface area (Å²) in [6, 6.07) is 22.5. The molecule has 144 valence electrons. The predicted molar refractivity (Wildman–Crippen MR) is 117 cm³/mol. The topological polar surface area (TPSA) is 58.8 Å². The van der Waals surface area contributed by atoms with E-state index in [1.165, 1.54) is 10.5 Å². The second-order valence-electron chi connectivity index (χ2n) is 6.65. The smallest absolute Gasteiger partial charge is 0.258 e. The third kappa shape index (κ3) is 4.36. The van der Waals surface area contributed by atoms with Crippen molar-refractivity contribution in [3.8, 4) is 0 Å². The third-order valence-electron chi connectivity index (χ3n) is 4.48. The largest absolute Gasteiger partial charge is 0.352 e. The van der Waals surface area contributed by atoms with Crippen LogP contribution in [0.1, 0.15) is 11.1 Å².